The smallest absolute Gasteiger partial charge is 0 e. The average Bonchev–Trinajstić information content (AvgIpc) is 1.61. The Balaban J connectivity index is -0.000000125. The van der Waals surface area contributed by atoms with Crippen molar-refractivity contribution in [2.75, 3.05) is 0 Å². The second-order valence-electron chi connectivity index (χ2n) is 1.56. The third kappa shape index (κ3) is 15.7. The summed E-state index contributed by atoms with van der Waals surface area (Å²) in [4.78, 5) is 0. The van der Waals surface area contributed by atoms with Gasteiger partial charge in [-0.25, -0.2) is 0 Å². The van der Waals surface area contributed by atoms with Crippen LogP contribution in [0.4, 0.5) is 0 Å². The standard InChI is InChI=1S/C6H13.HI.Zn/c1-3-5-6-4-2;;/h1,3-6H2,2H3;1H;/q-1;;. The summed E-state index contributed by atoms with van der Waals surface area (Å²) in [7, 11) is 0. The predicted molar refractivity (Wildman–Crippen MR) is 44.9 cm³/mol. The third-order valence-electron chi connectivity index (χ3n) is 0.854. The van der Waals surface area contributed by atoms with Crippen LogP contribution in [0.25, 0.3) is 0 Å². The van der Waals surface area contributed by atoms with E-state index in [0.717, 1.165) is 6.42 Å². The molecule has 0 aliphatic heterocycles. The first-order valence-electron chi connectivity index (χ1n) is 2.71. The fourth-order valence-corrected chi connectivity index (χ4v) is 0.427. The van der Waals surface area contributed by atoms with Gasteiger partial charge in [-0.05, 0) is 0 Å². The molecule has 0 unspecified atom stereocenters. The molecule has 0 aliphatic rings. The van der Waals surface area contributed by atoms with E-state index in [4.69, 9.17) is 0 Å². The molecule has 0 fully saturated rings. The molecule has 0 aromatic rings. The van der Waals surface area contributed by atoms with Crippen LogP contribution in [0.1, 0.15) is 32.6 Å². The summed E-state index contributed by atoms with van der Waals surface area (Å²) in [6, 6.07) is 0. The van der Waals surface area contributed by atoms with Crippen LogP contribution in [-0.4, -0.2) is 0 Å². The van der Waals surface area contributed by atoms with Crippen LogP contribution >= 0.6 is 24.0 Å². The Bertz CT molecular complexity index is 20.5. The number of hydrogen-bond donors (Lipinski definition) is 0. The van der Waals surface area contributed by atoms with Gasteiger partial charge in [0.15, 0.2) is 0 Å². The summed E-state index contributed by atoms with van der Waals surface area (Å²) >= 11 is 0. The minimum absolute atomic E-state index is 0. The molecule has 48 valence electrons. The second-order valence-corrected chi connectivity index (χ2v) is 1.56. The van der Waals surface area contributed by atoms with Gasteiger partial charge in [0.2, 0.25) is 0 Å². The molecule has 0 nitrogen and oxygen atoms in total. The van der Waals surface area contributed by atoms with Crippen molar-refractivity contribution >= 4 is 24.0 Å². The van der Waals surface area contributed by atoms with Crippen molar-refractivity contribution in [1.82, 2.24) is 0 Å². The zero-order valence-electron chi connectivity index (χ0n) is 5.65. The normalized spacial score (nSPS) is 6.75. The molecule has 8 heavy (non-hydrogen) atoms. The van der Waals surface area contributed by atoms with Crippen LogP contribution in [0.3, 0.4) is 0 Å². The first-order chi connectivity index (χ1) is 2.91. The van der Waals surface area contributed by atoms with Gasteiger partial charge in [0.05, 0.1) is 0 Å². The topological polar surface area (TPSA) is 0 Å². The van der Waals surface area contributed by atoms with Gasteiger partial charge in [0.25, 0.3) is 0 Å². The second kappa shape index (κ2) is 15.8. The number of halogens is 1. The van der Waals surface area contributed by atoms with Gasteiger partial charge >= 0.3 is 0 Å². The molecule has 0 bridgehead atoms. The first kappa shape index (κ1) is 16.2. The molecule has 0 spiro atoms. The molecule has 0 rings (SSSR count). The van der Waals surface area contributed by atoms with E-state index in [-0.39, 0.29) is 43.5 Å². The maximum absolute atomic E-state index is 3.72. The molecular formula is C6H14IZn-. The van der Waals surface area contributed by atoms with Gasteiger partial charge in [-0.3, -0.25) is 0 Å². The largest absolute Gasteiger partial charge is 0.343 e. The van der Waals surface area contributed by atoms with Gasteiger partial charge in [-0.15, -0.1) is 24.0 Å². The van der Waals surface area contributed by atoms with E-state index in [1.807, 2.05) is 0 Å². The fourth-order valence-electron chi connectivity index (χ4n) is 0.427. The van der Waals surface area contributed by atoms with Crippen LogP contribution in [-0.2, 0) is 19.5 Å². The van der Waals surface area contributed by atoms with E-state index in [1.54, 1.807) is 0 Å². The van der Waals surface area contributed by atoms with E-state index in [1.165, 1.54) is 19.3 Å². The molecule has 2 heteroatoms. The summed E-state index contributed by atoms with van der Waals surface area (Å²) in [6.07, 6.45) is 5.07. The van der Waals surface area contributed by atoms with Crippen LogP contribution < -0.4 is 0 Å². The molecular weight excluding hydrogens is 264 g/mol. The molecule has 0 saturated carbocycles. The maximum Gasteiger partial charge on any atom is 0 e. The van der Waals surface area contributed by atoms with Gasteiger partial charge in [-0.2, -0.15) is 6.42 Å². The molecule has 0 radical (unpaired) electrons. The molecule has 0 aliphatic carbocycles. The van der Waals surface area contributed by atoms with Crippen molar-refractivity contribution in [3.05, 3.63) is 6.92 Å². The van der Waals surface area contributed by atoms with Gasteiger partial charge in [0.1, 0.15) is 0 Å². The fraction of sp³-hybridized carbons (Fsp3) is 0.833. The maximum atomic E-state index is 3.72. The minimum atomic E-state index is 0. The van der Waals surface area contributed by atoms with Gasteiger partial charge < -0.3 is 6.92 Å². The van der Waals surface area contributed by atoms with E-state index in [9.17, 15) is 0 Å². The van der Waals surface area contributed by atoms with Gasteiger partial charge in [0, 0.05) is 19.5 Å². The molecule has 0 N–H and O–H groups in total. The van der Waals surface area contributed by atoms with E-state index in [2.05, 4.69) is 13.8 Å². The molecule has 0 aromatic heterocycles. The van der Waals surface area contributed by atoms with E-state index >= 15 is 0 Å². The van der Waals surface area contributed by atoms with Crippen molar-refractivity contribution in [2.24, 2.45) is 0 Å². The van der Waals surface area contributed by atoms with Crippen molar-refractivity contribution in [2.45, 2.75) is 32.6 Å². The SMILES string of the molecule is I.[CH2-]CCCCC.[Zn]. The summed E-state index contributed by atoms with van der Waals surface area (Å²) < 4.78 is 0. The Morgan fingerprint density at radius 1 is 1.25 bits per heavy atom. The number of hydrogen-bond acceptors (Lipinski definition) is 0. The van der Waals surface area contributed by atoms with Gasteiger partial charge in [-0.1, -0.05) is 26.2 Å². The van der Waals surface area contributed by atoms with Crippen molar-refractivity contribution in [3.63, 3.8) is 0 Å². The molecule has 0 saturated heterocycles. The Kier molecular flexibility index (Phi) is 31.9. The predicted octanol–water partition coefficient (Wildman–Crippen LogP) is 3.02. The third-order valence-corrected chi connectivity index (χ3v) is 0.854. The van der Waals surface area contributed by atoms with Crippen LogP contribution in [0.5, 0.6) is 0 Å². The quantitative estimate of drug-likeness (QED) is 0.322. The van der Waals surface area contributed by atoms with Crippen molar-refractivity contribution in [3.8, 4) is 0 Å². The monoisotopic (exact) mass is 277 g/mol. The summed E-state index contributed by atoms with van der Waals surface area (Å²) in [5, 5.41) is 0. The first-order valence-corrected chi connectivity index (χ1v) is 2.71. The van der Waals surface area contributed by atoms with E-state index < -0.39 is 0 Å². The Hall–Kier alpha value is 1.35. The summed E-state index contributed by atoms with van der Waals surface area (Å²) in [5.41, 5.74) is 0. The number of unbranched alkanes of at least 4 members (excludes halogenated alkanes) is 3. The Labute approximate surface area is 82.6 Å². The molecule has 0 heterocycles. The zero-order valence-corrected chi connectivity index (χ0v) is 10.9. The van der Waals surface area contributed by atoms with Crippen LogP contribution in [0, 0.1) is 6.92 Å². The van der Waals surface area contributed by atoms with E-state index in [0.29, 0.717) is 0 Å². The number of rotatable bonds is 3. The minimum Gasteiger partial charge on any atom is -0.343 e. The average molecular weight is 278 g/mol. The Morgan fingerprint density at radius 2 is 1.75 bits per heavy atom. The van der Waals surface area contributed by atoms with Crippen LogP contribution in [0.15, 0.2) is 0 Å². The molecule has 0 aromatic carbocycles. The van der Waals surface area contributed by atoms with Crippen LogP contribution in [0.2, 0.25) is 0 Å². The Morgan fingerprint density at radius 3 is 1.88 bits per heavy atom. The summed E-state index contributed by atoms with van der Waals surface area (Å²) in [5.74, 6) is 0. The van der Waals surface area contributed by atoms with Crippen molar-refractivity contribution in [1.29, 1.82) is 0 Å². The zero-order chi connectivity index (χ0) is 4.83. The molecule has 0 amide bonds. The van der Waals surface area contributed by atoms with Crippen molar-refractivity contribution < 1.29 is 19.5 Å². The summed E-state index contributed by atoms with van der Waals surface area (Å²) in [6.45, 7) is 5.93. The molecule has 0 atom stereocenters.